The minimum absolute atomic E-state index is 0.0122. The van der Waals surface area contributed by atoms with Gasteiger partial charge in [-0.15, -0.1) is 0 Å². The van der Waals surface area contributed by atoms with Crippen LogP contribution in [0.25, 0.3) is 0 Å². The molecule has 0 unspecified atom stereocenters. The number of hydrogen-bond acceptors (Lipinski definition) is 5. The predicted molar refractivity (Wildman–Crippen MR) is 119 cm³/mol. The lowest BCUT2D eigenvalue weighted by Gasteiger charge is -2.36. The van der Waals surface area contributed by atoms with Gasteiger partial charge in [0.2, 0.25) is 11.2 Å². The molecule has 8 nitrogen and oxygen atoms in total. The highest BCUT2D eigenvalue weighted by molar-refractivity contribution is 6.28. The van der Waals surface area contributed by atoms with Gasteiger partial charge in [0.1, 0.15) is 5.82 Å². The van der Waals surface area contributed by atoms with Gasteiger partial charge >= 0.3 is 12.2 Å². The molecule has 12 heteroatoms. The maximum absolute atomic E-state index is 13.1. The molecule has 0 radical (unpaired) electrons. The third-order valence-electron chi connectivity index (χ3n) is 6.09. The molecule has 1 atom stereocenters. The van der Waals surface area contributed by atoms with Crippen LogP contribution in [0.1, 0.15) is 42.3 Å². The van der Waals surface area contributed by atoms with Gasteiger partial charge in [0.15, 0.2) is 0 Å². The van der Waals surface area contributed by atoms with E-state index in [1.165, 1.54) is 13.0 Å². The normalized spacial score (nSPS) is 16.9. The summed E-state index contributed by atoms with van der Waals surface area (Å²) in [6.45, 7) is 5.57. The Hall–Kier alpha value is -3.08. The Morgan fingerprint density at radius 3 is 2.38 bits per heavy atom. The summed E-state index contributed by atoms with van der Waals surface area (Å²) in [5.74, 6) is 0.368. The van der Waals surface area contributed by atoms with Crippen LogP contribution < -0.4 is 5.32 Å². The average Bonchev–Trinajstić information content (AvgIpc) is 3.22. The van der Waals surface area contributed by atoms with Crippen LogP contribution in [-0.4, -0.2) is 62.8 Å². The van der Waals surface area contributed by atoms with Crippen LogP contribution >= 0.6 is 11.6 Å². The van der Waals surface area contributed by atoms with Crippen LogP contribution in [0.3, 0.4) is 0 Å². The first-order valence-electron chi connectivity index (χ1n) is 10.8. The van der Waals surface area contributed by atoms with Crippen LogP contribution in [0, 0.1) is 0 Å². The fourth-order valence-corrected chi connectivity index (χ4v) is 4.35. The number of halogens is 4. The third kappa shape index (κ3) is 5.03. The molecule has 1 aromatic carbocycles. The van der Waals surface area contributed by atoms with Gasteiger partial charge in [0, 0.05) is 44.7 Å². The van der Waals surface area contributed by atoms with Crippen LogP contribution in [0.5, 0.6) is 0 Å². The highest BCUT2D eigenvalue weighted by Gasteiger charge is 2.34. The summed E-state index contributed by atoms with van der Waals surface area (Å²) >= 11 is 6.10. The first kappa shape index (κ1) is 24.1. The quantitative estimate of drug-likeness (QED) is 0.651. The summed E-state index contributed by atoms with van der Waals surface area (Å²) in [6.07, 6.45) is -4.44. The fourth-order valence-electron chi connectivity index (χ4n) is 4.16. The Kier molecular flexibility index (Phi) is 6.57. The van der Waals surface area contributed by atoms with E-state index in [1.54, 1.807) is 27.7 Å². The molecule has 1 aromatic heterocycles. The number of amides is 3. The number of nitrogens with one attached hydrogen (secondary N) is 1. The zero-order valence-electron chi connectivity index (χ0n) is 18.7. The van der Waals surface area contributed by atoms with E-state index < -0.39 is 17.8 Å². The molecular formula is C22H24ClF3N6O2. The largest absolute Gasteiger partial charge is 0.416 e. The summed E-state index contributed by atoms with van der Waals surface area (Å²) in [6, 6.07) is 4.41. The van der Waals surface area contributed by atoms with Crippen LogP contribution in [0.2, 0.25) is 5.28 Å². The van der Waals surface area contributed by atoms with Crippen molar-refractivity contribution in [3.05, 3.63) is 51.9 Å². The number of fused-ring (bicyclic) bond motifs is 1. The minimum atomic E-state index is -4.44. The molecular weight excluding hydrogens is 473 g/mol. The topological polar surface area (TPSA) is 81.7 Å². The van der Waals surface area contributed by atoms with Crippen molar-refractivity contribution in [1.29, 1.82) is 0 Å². The Morgan fingerprint density at radius 2 is 1.74 bits per heavy atom. The molecule has 1 N–H and O–H groups in total. The summed E-state index contributed by atoms with van der Waals surface area (Å²) in [5, 5.41) is 3.12. The van der Waals surface area contributed by atoms with Crippen molar-refractivity contribution in [3.63, 3.8) is 0 Å². The molecule has 1 saturated heterocycles. The molecule has 182 valence electrons. The van der Waals surface area contributed by atoms with Crippen LogP contribution in [0.15, 0.2) is 24.3 Å². The highest BCUT2D eigenvalue weighted by Crippen LogP contribution is 2.33. The molecule has 3 heterocycles. The van der Waals surface area contributed by atoms with Crippen molar-refractivity contribution >= 4 is 29.4 Å². The van der Waals surface area contributed by atoms with E-state index in [4.69, 9.17) is 11.6 Å². The zero-order valence-corrected chi connectivity index (χ0v) is 19.4. The number of rotatable bonds is 3. The lowest BCUT2D eigenvalue weighted by atomic mass is 10.0. The van der Waals surface area contributed by atoms with Gasteiger partial charge in [-0.3, -0.25) is 4.79 Å². The Labute approximate surface area is 199 Å². The van der Waals surface area contributed by atoms with E-state index in [0.717, 1.165) is 12.1 Å². The number of carbonyl (C=O) groups is 2. The summed E-state index contributed by atoms with van der Waals surface area (Å²) in [5.41, 5.74) is 0.979. The van der Waals surface area contributed by atoms with Gasteiger partial charge in [0.05, 0.1) is 24.3 Å². The van der Waals surface area contributed by atoms with Crippen molar-refractivity contribution in [3.8, 4) is 0 Å². The number of nitrogens with zero attached hydrogens (tertiary/aromatic N) is 5. The lowest BCUT2D eigenvalue weighted by Crippen LogP contribution is -2.52. The first-order chi connectivity index (χ1) is 16.0. The van der Waals surface area contributed by atoms with E-state index in [-0.39, 0.29) is 30.3 Å². The fraction of sp³-hybridized carbons (Fsp3) is 0.455. The SMILES string of the molecule is CC(=O)N1CCN(C(=O)N2Cc3nc(Cl)nc(N[C@H](C)c4cccc(C(F)(F)F)c4)c3C2)CC1. The molecule has 3 amide bonds. The van der Waals surface area contributed by atoms with E-state index in [0.29, 0.717) is 48.8 Å². The maximum atomic E-state index is 13.1. The molecule has 0 aliphatic carbocycles. The van der Waals surface area contributed by atoms with Crippen molar-refractivity contribution in [1.82, 2.24) is 24.7 Å². The minimum Gasteiger partial charge on any atom is -0.363 e. The molecule has 0 bridgehead atoms. The number of hydrogen-bond donors (Lipinski definition) is 1. The van der Waals surface area contributed by atoms with E-state index >= 15 is 0 Å². The van der Waals surface area contributed by atoms with Gasteiger partial charge in [-0.1, -0.05) is 12.1 Å². The molecule has 0 saturated carbocycles. The van der Waals surface area contributed by atoms with Crippen molar-refractivity contribution < 1.29 is 22.8 Å². The first-order valence-corrected chi connectivity index (χ1v) is 11.2. The second-order valence-electron chi connectivity index (χ2n) is 8.39. The smallest absolute Gasteiger partial charge is 0.363 e. The van der Waals surface area contributed by atoms with Crippen molar-refractivity contribution in [2.75, 3.05) is 31.5 Å². The number of benzene rings is 1. The average molecular weight is 497 g/mol. The maximum Gasteiger partial charge on any atom is 0.416 e. The monoisotopic (exact) mass is 496 g/mol. The number of urea groups is 1. The number of piperazine rings is 1. The molecule has 1 fully saturated rings. The summed E-state index contributed by atoms with van der Waals surface area (Å²) < 4.78 is 39.3. The number of aromatic nitrogens is 2. The second-order valence-corrected chi connectivity index (χ2v) is 8.73. The summed E-state index contributed by atoms with van der Waals surface area (Å²) in [7, 11) is 0. The standard InChI is InChI=1S/C22H24ClF3N6O2/c1-13(15-4-3-5-16(10-15)22(24,25)26)27-19-17-11-32(12-18(17)28-20(23)29-19)21(34)31-8-6-30(7-9-31)14(2)33/h3-5,10,13H,6-9,11-12H2,1-2H3,(H,27,28,29)/t13-/m1/s1. The van der Waals surface area contributed by atoms with E-state index in [9.17, 15) is 22.8 Å². The molecule has 2 aromatic rings. The van der Waals surface area contributed by atoms with Gasteiger partial charge in [0.25, 0.3) is 0 Å². The van der Waals surface area contributed by atoms with E-state index in [1.807, 2.05) is 0 Å². The zero-order chi connectivity index (χ0) is 24.6. The lowest BCUT2D eigenvalue weighted by molar-refractivity contribution is -0.137. The van der Waals surface area contributed by atoms with Crippen LogP contribution in [-0.2, 0) is 24.1 Å². The molecule has 4 rings (SSSR count). The third-order valence-corrected chi connectivity index (χ3v) is 6.26. The highest BCUT2D eigenvalue weighted by atomic mass is 35.5. The Bertz CT molecular complexity index is 1100. The van der Waals surface area contributed by atoms with Crippen LogP contribution in [0.4, 0.5) is 23.8 Å². The number of carbonyl (C=O) groups excluding carboxylic acids is 2. The molecule has 0 spiro atoms. The Morgan fingerprint density at radius 1 is 1.06 bits per heavy atom. The van der Waals surface area contributed by atoms with Crippen molar-refractivity contribution in [2.45, 2.75) is 39.2 Å². The van der Waals surface area contributed by atoms with Gasteiger partial charge in [-0.25, -0.2) is 14.8 Å². The Balaban J connectivity index is 1.48. The molecule has 34 heavy (non-hydrogen) atoms. The van der Waals surface area contributed by atoms with Gasteiger partial charge < -0.3 is 20.0 Å². The van der Waals surface area contributed by atoms with Gasteiger partial charge in [-0.05, 0) is 36.2 Å². The van der Waals surface area contributed by atoms with Gasteiger partial charge in [-0.2, -0.15) is 13.2 Å². The predicted octanol–water partition coefficient (Wildman–Crippen LogP) is 3.92. The van der Waals surface area contributed by atoms with Crippen molar-refractivity contribution in [2.24, 2.45) is 0 Å². The molecule has 2 aliphatic heterocycles. The molecule has 2 aliphatic rings. The summed E-state index contributed by atoms with van der Waals surface area (Å²) in [4.78, 5) is 38.1. The second kappa shape index (κ2) is 9.28. The number of anilines is 1. The number of alkyl halides is 3. The van der Waals surface area contributed by atoms with E-state index in [2.05, 4.69) is 15.3 Å².